The molecule has 0 fully saturated rings. The number of nitrogens with two attached hydrogens (primary N) is 1. The lowest BCUT2D eigenvalue weighted by Crippen LogP contribution is -2.51. The van der Waals surface area contributed by atoms with E-state index in [0.717, 1.165) is 41.0 Å². The predicted octanol–water partition coefficient (Wildman–Crippen LogP) is 3.71. The van der Waals surface area contributed by atoms with Gasteiger partial charge in [0.2, 0.25) is 5.91 Å². The van der Waals surface area contributed by atoms with Crippen LogP contribution in [0, 0.1) is 29.2 Å². The van der Waals surface area contributed by atoms with Crippen LogP contribution in [0.2, 0.25) is 0 Å². The van der Waals surface area contributed by atoms with E-state index >= 15 is 0 Å². The van der Waals surface area contributed by atoms with Gasteiger partial charge in [-0.25, -0.2) is 22.6 Å². The number of carbonyl (C=O) groups is 1. The highest BCUT2D eigenvalue weighted by atomic mass is 32.2. The number of benzene rings is 2. The molecule has 2 N–H and O–H groups in total. The quantitative estimate of drug-likeness (QED) is 0.741. The molecule has 0 saturated heterocycles. The monoisotopic (exact) mass is 439 g/mol. The summed E-state index contributed by atoms with van der Waals surface area (Å²) in [5.74, 6) is -4.47. The van der Waals surface area contributed by atoms with E-state index in [0.29, 0.717) is 12.5 Å². The van der Waals surface area contributed by atoms with Gasteiger partial charge in [0.25, 0.3) is 0 Å². The first kappa shape index (κ1) is 20.7. The number of thioether (sulfide) groups is 1. The lowest BCUT2D eigenvalue weighted by Gasteiger charge is -2.45. The van der Waals surface area contributed by atoms with Crippen LogP contribution in [0.5, 0.6) is 5.75 Å². The second-order valence-electron chi connectivity index (χ2n) is 7.01. The van der Waals surface area contributed by atoms with E-state index in [-0.39, 0.29) is 35.1 Å². The predicted molar refractivity (Wildman–Crippen MR) is 104 cm³/mol. The topological polar surface area (TPSA) is 67.9 Å². The van der Waals surface area contributed by atoms with Crippen molar-refractivity contribution in [3.8, 4) is 5.75 Å². The Balaban J connectivity index is 1.94. The van der Waals surface area contributed by atoms with E-state index in [1.807, 2.05) is 0 Å². The maximum Gasteiger partial charge on any atom is 0.241 e. The SMILES string of the molecule is CC(=O)N1N=C(c2cc(F)ccc2F)SC12c1cc(F)cc(F)c1OC[C@H]2CCN. The van der Waals surface area contributed by atoms with E-state index in [2.05, 4.69) is 5.10 Å². The van der Waals surface area contributed by atoms with E-state index in [1.54, 1.807) is 0 Å². The minimum Gasteiger partial charge on any atom is -0.490 e. The fraction of sp³-hybridized carbons (Fsp3) is 0.300. The fourth-order valence-electron chi connectivity index (χ4n) is 3.85. The molecule has 1 unspecified atom stereocenters. The van der Waals surface area contributed by atoms with Crippen molar-refractivity contribution < 1.29 is 27.1 Å². The van der Waals surface area contributed by atoms with Crippen molar-refractivity contribution in [3.05, 3.63) is 64.7 Å². The van der Waals surface area contributed by atoms with Crippen molar-refractivity contribution in [1.82, 2.24) is 5.01 Å². The Morgan fingerprint density at radius 1 is 1.23 bits per heavy atom. The first-order valence-corrected chi connectivity index (χ1v) is 9.95. The van der Waals surface area contributed by atoms with Crippen molar-refractivity contribution in [1.29, 1.82) is 0 Å². The molecule has 2 aromatic carbocycles. The molecule has 2 heterocycles. The summed E-state index contributed by atoms with van der Waals surface area (Å²) in [4.78, 5) is 11.1. The van der Waals surface area contributed by atoms with E-state index < -0.39 is 40.0 Å². The highest BCUT2D eigenvalue weighted by Gasteiger charge is 2.57. The fourth-order valence-corrected chi connectivity index (χ4v) is 5.40. The molecular formula is C20H17F4N3O2S. The molecule has 158 valence electrons. The molecule has 2 aliphatic rings. The number of rotatable bonds is 3. The Morgan fingerprint density at radius 2 is 2.00 bits per heavy atom. The lowest BCUT2D eigenvalue weighted by molar-refractivity contribution is -0.134. The highest BCUT2D eigenvalue weighted by Crippen LogP contribution is 2.58. The van der Waals surface area contributed by atoms with Gasteiger partial charge in [-0.1, -0.05) is 11.8 Å². The molecular weight excluding hydrogens is 422 g/mol. The van der Waals surface area contributed by atoms with Gasteiger partial charge >= 0.3 is 0 Å². The summed E-state index contributed by atoms with van der Waals surface area (Å²) < 4.78 is 62.5. The molecule has 30 heavy (non-hydrogen) atoms. The molecule has 0 aromatic heterocycles. The van der Waals surface area contributed by atoms with Crippen LogP contribution < -0.4 is 10.5 Å². The van der Waals surface area contributed by atoms with Crippen LogP contribution in [0.1, 0.15) is 24.5 Å². The third-order valence-electron chi connectivity index (χ3n) is 5.11. The third kappa shape index (κ3) is 3.14. The van der Waals surface area contributed by atoms with Crippen LogP contribution in [-0.4, -0.2) is 29.1 Å². The highest BCUT2D eigenvalue weighted by molar-refractivity contribution is 8.15. The summed E-state index contributed by atoms with van der Waals surface area (Å²) in [6.45, 7) is 1.43. The molecule has 5 nitrogen and oxygen atoms in total. The molecule has 0 bridgehead atoms. The number of halogens is 4. The van der Waals surface area contributed by atoms with Gasteiger partial charge in [0.1, 0.15) is 22.5 Å². The van der Waals surface area contributed by atoms with E-state index in [9.17, 15) is 22.4 Å². The van der Waals surface area contributed by atoms with Crippen molar-refractivity contribution >= 4 is 22.7 Å². The standard InChI is InChI=1S/C20H17F4N3O2S/c1-10(28)27-20(30-19(26-27)14-6-12(21)2-3-16(14)23)11(4-5-25)9-29-18-15(20)7-13(22)8-17(18)24/h2-3,6-8,11H,4-5,9,25H2,1H3/t11-,20?/m1/s1. The molecule has 1 amide bonds. The van der Waals surface area contributed by atoms with Gasteiger partial charge in [-0.2, -0.15) is 5.10 Å². The Morgan fingerprint density at radius 3 is 2.70 bits per heavy atom. The molecule has 0 aliphatic carbocycles. The summed E-state index contributed by atoms with van der Waals surface area (Å²) in [7, 11) is 0. The second-order valence-corrected chi connectivity index (χ2v) is 8.22. The van der Waals surface area contributed by atoms with Gasteiger partial charge < -0.3 is 10.5 Å². The number of hydrogen-bond acceptors (Lipinski definition) is 5. The number of hydrogen-bond donors (Lipinski definition) is 1. The molecule has 4 rings (SSSR count). The average molecular weight is 439 g/mol. The van der Waals surface area contributed by atoms with Crippen LogP contribution in [-0.2, 0) is 9.67 Å². The summed E-state index contributed by atoms with van der Waals surface area (Å²) in [6, 6.07) is 4.63. The van der Waals surface area contributed by atoms with Crippen LogP contribution in [0.3, 0.4) is 0 Å². The molecule has 2 atom stereocenters. The minimum absolute atomic E-state index is 0.0155. The second kappa shape index (κ2) is 7.59. The summed E-state index contributed by atoms with van der Waals surface area (Å²) in [6.07, 6.45) is 0.336. The van der Waals surface area contributed by atoms with Gasteiger partial charge in [0.05, 0.1) is 6.61 Å². The molecule has 0 saturated carbocycles. The molecule has 1 spiro atoms. The average Bonchev–Trinajstić information content (AvgIpc) is 3.08. The molecule has 10 heteroatoms. The smallest absolute Gasteiger partial charge is 0.241 e. The zero-order valence-electron chi connectivity index (χ0n) is 15.8. The van der Waals surface area contributed by atoms with E-state index in [1.165, 1.54) is 6.92 Å². The first-order valence-electron chi connectivity index (χ1n) is 9.14. The third-order valence-corrected chi connectivity index (χ3v) is 6.64. The lowest BCUT2D eigenvalue weighted by atomic mass is 9.86. The summed E-state index contributed by atoms with van der Waals surface area (Å²) in [5.41, 5.74) is 5.64. The van der Waals surface area contributed by atoms with Gasteiger partial charge in [0.15, 0.2) is 16.4 Å². The van der Waals surface area contributed by atoms with Crippen LogP contribution in [0.4, 0.5) is 17.6 Å². The number of carbonyl (C=O) groups excluding carboxylic acids is 1. The zero-order valence-corrected chi connectivity index (χ0v) is 16.6. The van der Waals surface area contributed by atoms with Crippen molar-refractivity contribution in [2.75, 3.05) is 13.2 Å². The molecule has 0 radical (unpaired) electrons. The zero-order chi connectivity index (χ0) is 21.6. The number of fused-ring (bicyclic) bond motifs is 2. The Hall–Kier alpha value is -2.59. The number of ether oxygens (including phenoxy) is 1. The van der Waals surface area contributed by atoms with Crippen LogP contribution in [0.25, 0.3) is 0 Å². The minimum atomic E-state index is -1.42. The number of nitrogens with zero attached hydrogens (tertiary/aromatic N) is 2. The Bertz CT molecular complexity index is 1060. The maximum atomic E-state index is 14.5. The summed E-state index contributed by atoms with van der Waals surface area (Å²) in [5, 5.41) is 5.33. The van der Waals surface area contributed by atoms with Gasteiger partial charge in [-0.05, 0) is 37.2 Å². The normalized spacial score (nSPS) is 22.7. The molecule has 2 aromatic rings. The van der Waals surface area contributed by atoms with Gasteiger partial charge in [-0.3, -0.25) is 4.79 Å². The van der Waals surface area contributed by atoms with Crippen LogP contribution >= 0.6 is 11.8 Å². The van der Waals surface area contributed by atoms with Gasteiger partial charge in [0, 0.05) is 30.0 Å². The van der Waals surface area contributed by atoms with E-state index in [4.69, 9.17) is 10.5 Å². The largest absolute Gasteiger partial charge is 0.490 e. The Kier molecular flexibility index (Phi) is 5.23. The number of hydrazone groups is 1. The molecule has 2 aliphatic heterocycles. The Labute approximate surface area is 173 Å². The van der Waals surface area contributed by atoms with Crippen molar-refractivity contribution in [2.45, 2.75) is 18.2 Å². The first-order chi connectivity index (χ1) is 14.3. The van der Waals surface area contributed by atoms with Crippen LogP contribution in [0.15, 0.2) is 35.4 Å². The summed E-state index contributed by atoms with van der Waals surface area (Å²) >= 11 is 0.934. The number of amides is 1. The van der Waals surface area contributed by atoms with Crippen molar-refractivity contribution in [3.63, 3.8) is 0 Å². The maximum absolute atomic E-state index is 14.5. The van der Waals surface area contributed by atoms with Gasteiger partial charge in [-0.15, -0.1) is 0 Å². The van der Waals surface area contributed by atoms with Crippen molar-refractivity contribution in [2.24, 2.45) is 16.8 Å².